The van der Waals surface area contributed by atoms with E-state index < -0.39 is 11.9 Å². The third kappa shape index (κ3) is 4.02. The fourth-order valence-electron chi connectivity index (χ4n) is 3.17. The van der Waals surface area contributed by atoms with E-state index in [0.717, 1.165) is 23.2 Å². The quantitative estimate of drug-likeness (QED) is 0.925. The van der Waals surface area contributed by atoms with Gasteiger partial charge in [0, 0.05) is 30.5 Å². The maximum atomic E-state index is 12.6. The van der Waals surface area contributed by atoms with Crippen molar-refractivity contribution >= 4 is 11.9 Å². The van der Waals surface area contributed by atoms with Crippen molar-refractivity contribution in [1.29, 1.82) is 0 Å². The molecule has 0 spiro atoms. The van der Waals surface area contributed by atoms with E-state index in [1.165, 1.54) is 0 Å². The highest BCUT2D eigenvalue weighted by Crippen LogP contribution is 2.23. The standard InChI is InChI=1S/C19H21N3O3/c1-13-2-5-16(19(24)25)12-22(13)18(23)10-14-3-6-15(7-4-14)17-11-20-8-9-21-17/h3-4,6-9,11,13,16H,2,5,10,12H2,1H3,(H,24,25)/t13-,16+/m0/s1. The van der Waals surface area contributed by atoms with Gasteiger partial charge in [-0.1, -0.05) is 24.3 Å². The number of aromatic nitrogens is 2. The Labute approximate surface area is 146 Å². The summed E-state index contributed by atoms with van der Waals surface area (Å²) in [6.07, 6.45) is 6.60. The molecule has 2 heterocycles. The van der Waals surface area contributed by atoms with Gasteiger partial charge in [-0.05, 0) is 25.3 Å². The van der Waals surface area contributed by atoms with E-state index in [1.54, 1.807) is 23.5 Å². The van der Waals surface area contributed by atoms with Crippen LogP contribution in [0.3, 0.4) is 0 Å². The van der Waals surface area contributed by atoms with Crippen LogP contribution in [0.4, 0.5) is 0 Å². The molecule has 1 aromatic heterocycles. The zero-order chi connectivity index (χ0) is 17.8. The second-order valence-electron chi connectivity index (χ2n) is 6.47. The molecule has 0 saturated carbocycles. The smallest absolute Gasteiger partial charge is 0.308 e. The number of carboxylic acids is 1. The van der Waals surface area contributed by atoms with E-state index in [-0.39, 0.29) is 18.4 Å². The minimum Gasteiger partial charge on any atom is -0.481 e. The number of carbonyl (C=O) groups excluding carboxylic acids is 1. The number of piperidine rings is 1. The highest BCUT2D eigenvalue weighted by Gasteiger charge is 2.32. The molecule has 1 aromatic carbocycles. The second-order valence-corrected chi connectivity index (χ2v) is 6.47. The molecule has 2 aromatic rings. The van der Waals surface area contributed by atoms with Crippen molar-refractivity contribution < 1.29 is 14.7 Å². The Bertz CT molecular complexity index is 746. The average Bonchev–Trinajstić information content (AvgIpc) is 2.63. The van der Waals surface area contributed by atoms with Gasteiger partial charge in [-0.15, -0.1) is 0 Å². The Hall–Kier alpha value is -2.76. The number of amides is 1. The average molecular weight is 339 g/mol. The lowest BCUT2D eigenvalue weighted by Crippen LogP contribution is -2.47. The summed E-state index contributed by atoms with van der Waals surface area (Å²) in [6.45, 7) is 2.28. The SMILES string of the molecule is C[C@H]1CC[C@@H](C(=O)O)CN1C(=O)Cc1ccc(-c2cnccn2)cc1. The molecule has 25 heavy (non-hydrogen) atoms. The summed E-state index contributed by atoms with van der Waals surface area (Å²) in [6, 6.07) is 7.75. The van der Waals surface area contributed by atoms with Gasteiger partial charge < -0.3 is 10.0 Å². The minimum atomic E-state index is -0.821. The van der Waals surface area contributed by atoms with Crippen molar-refractivity contribution in [2.45, 2.75) is 32.2 Å². The van der Waals surface area contributed by atoms with Gasteiger partial charge in [-0.3, -0.25) is 19.6 Å². The lowest BCUT2D eigenvalue weighted by atomic mass is 9.93. The normalized spacial score (nSPS) is 20.3. The zero-order valence-corrected chi connectivity index (χ0v) is 14.1. The third-order valence-corrected chi connectivity index (χ3v) is 4.72. The topological polar surface area (TPSA) is 83.4 Å². The highest BCUT2D eigenvalue weighted by molar-refractivity contribution is 5.80. The first kappa shape index (κ1) is 17.1. The summed E-state index contributed by atoms with van der Waals surface area (Å²) in [5, 5.41) is 9.20. The Kier molecular flexibility index (Phi) is 5.07. The summed E-state index contributed by atoms with van der Waals surface area (Å²) in [5.41, 5.74) is 2.64. The Morgan fingerprint density at radius 3 is 2.60 bits per heavy atom. The Balaban J connectivity index is 1.67. The van der Waals surface area contributed by atoms with Crippen molar-refractivity contribution in [3.8, 4) is 11.3 Å². The first-order valence-corrected chi connectivity index (χ1v) is 8.42. The van der Waals surface area contributed by atoms with Crippen LogP contribution in [-0.4, -0.2) is 44.4 Å². The van der Waals surface area contributed by atoms with Crippen LogP contribution in [-0.2, 0) is 16.0 Å². The van der Waals surface area contributed by atoms with Crippen LogP contribution in [0.1, 0.15) is 25.3 Å². The summed E-state index contributed by atoms with van der Waals surface area (Å²) < 4.78 is 0. The number of carbonyl (C=O) groups is 2. The zero-order valence-electron chi connectivity index (χ0n) is 14.1. The number of nitrogens with zero attached hydrogens (tertiary/aromatic N) is 3. The van der Waals surface area contributed by atoms with Crippen molar-refractivity contribution in [2.24, 2.45) is 5.92 Å². The van der Waals surface area contributed by atoms with Crippen LogP contribution >= 0.6 is 0 Å². The molecule has 6 nitrogen and oxygen atoms in total. The van der Waals surface area contributed by atoms with Crippen molar-refractivity contribution in [2.75, 3.05) is 6.54 Å². The first-order valence-electron chi connectivity index (χ1n) is 8.42. The van der Waals surface area contributed by atoms with Crippen LogP contribution < -0.4 is 0 Å². The molecule has 1 aliphatic heterocycles. The minimum absolute atomic E-state index is 0.0225. The van der Waals surface area contributed by atoms with Crippen molar-refractivity contribution in [3.05, 3.63) is 48.4 Å². The molecule has 2 atom stereocenters. The fourth-order valence-corrected chi connectivity index (χ4v) is 3.17. The molecular formula is C19H21N3O3. The molecule has 0 bridgehead atoms. The molecule has 6 heteroatoms. The molecule has 1 amide bonds. The lowest BCUT2D eigenvalue weighted by molar-refractivity contribution is -0.146. The van der Waals surface area contributed by atoms with Crippen LogP contribution in [0, 0.1) is 5.92 Å². The van der Waals surface area contributed by atoms with E-state index in [9.17, 15) is 14.7 Å². The number of benzene rings is 1. The van der Waals surface area contributed by atoms with Crippen molar-refractivity contribution in [3.63, 3.8) is 0 Å². The van der Waals surface area contributed by atoms with E-state index in [1.807, 2.05) is 31.2 Å². The van der Waals surface area contributed by atoms with E-state index in [0.29, 0.717) is 13.0 Å². The van der Waals surface area contributed by atoms with Gasteiger partial charge in [-0.2, -0.15) is 0 Å². The molecule has 0 aliphatic carbocycles. The molecule has 0 radical (unpaired) electrons. The van der Waals surface area contributed by atoms with Gasteiger partial charge in [-0.25, -0.2) is 0 Å². The van der Waals surface area contributed by atoms with Gasteiger partial charge >= 0.3 is 5.97 Å². The summed E-state index contributed by atoms with van der Waals surface area (Å²) in [5.74, 6) is -1.30. The van der Waals surface area contributed by atoms with Crippen LogP contribution in [0.2, 0.25) is 0 Å². The summed E-state index contributed by atoms with van der Waals surface area (Å²) in [7, 11) is 0. The number of aliphatic carboxylic acids is 1. The monoisotopic (exact) mass is 339 g/mol. The number of likely N-dealkylation sites (tertiary alicyclic amines) is 1. The van der Waals surface area contributed by atoms with Gasteiger partial charge in [0.25, 0.3) is 0 Å². The third-order valence-electron chi connectivity index (χ3n) is 4.72. The molecule has 1 fully saturated rings. The molecule has 1 aliphatic rings. The number of rotatable bonds is 4. The number of carboxylic acid groups (broad SMARTS) is 1. The maximum Gasteiger partial charge on any atom is 0.308 e. The second kappa shape index (κ2) is 7.42. The predicted octanol–water partition coefficient (Wildman–Crippen LogP) is 2.40. The molecule has 130 valence electrons. The van der Waals surface area contributed by atoms with E-state index in [2.05, 4.69) is 9.97 Å². The first-order chi connectivity index (χ1) is 12.0. The fraction of sp³-hybridized carbons (Fsp3) is 0.368. The number of hydrogen-bond acceptors (Lipinski definition) is 4. The Morgan fingerprint density at radius 1 is 1.20 bits per heavy atom. The van der Waals surface area contributed by atoms with Crippen LogP contribution in [0.15, 0.2) is 42.9 Å². The maximum absolute atomic E-state index is 12.6. The van der Waals surface area contributed by atoms with Crippen LogP contribution in [0.25, 0.3) is 11.3 Å². The van der Waals surface area contributed by atoms with Gasteiger partial charge in [0.15, 0.2) is 0 Å². The predicted molar refractivity (Wildman–Crippen MR) is 92.7 cm³/mol. The Morgan fingerprint density at radius 2 is 1.96 bits per heavy atom. The molecular weight excluding hydrogens is 318 g/mol. The molecule has 0 unspecified atom stereocenters. The summed E-state index contributed by atoms with van der Waals surface area (Å²) >= 11 is 0. The van der Waals surface area contributed by atoms with Crippen LogP contribution in [0.5, 0.6) is 0 Å². The summed E-state index contributed by atoms with van der Waals surface area (Å²) in [4.78, 5) is 33.8. The van der Waals surface area contributed by atoms with Gasteiger partial charge in [0.05, 0.1) is 24.2 Å². The number of hydrogen-bond donors (Lipinski definition) is 1. The molecule has 1 N–H and O–H groups in total. The molecule has 1 saturated heterocycles. The largest absolute Gasteiger partial charge is 0.481 e. The lowest BCUT2D eigenvalue weighted by Gasteiger charge is -2.36. The van der Waals surface area contributed by atoms with Gasteiger partial charge in [0.2, 0.25) is 5.91 Å². The van der Waals surface area contributed by atoms with E-state index >= 15 is 0 Å². The van der Waals surface area contributed by atoms with Gasteiger partial charge in [0.1, 0.15) is 0 Å². The van der Waals surface area contributed by atoms with Crippen molar-refractivity contribution in [1.82, 2.24) is 14.9 Å². The highest BCUT2D eigenvalue weighted by atomic mass is 16.4. The van der Waals surface area contributed by atoms with E-state index in [4.69, 9.17) is 0 Å². The molecule has 3 rings (SSSR count).